The maximum absolute atomic E-state index is 4.60. The standard InChI is InChI=1S/C15H21N5S/c1-19-5-7-20(8-6-19)15-13(3-2-4-17-15)9-16-10-14-11-21-12-18-14/h2-4,11-12,16H,5-10H2,1H3. The Kier molecular flexibility index (Phi) is 4.80. The van der Waals surface area contributed by atoms with Gasteiger partial charge in [-0.1, -0.05) is 6.07 Å². The van der Waals surface area contributed by atoms with E-state index in [2.05, 4.69) is 43.6 Å². The summed E-state index contributed by atoms with van der Waals surface area (Å²) in [5, 5.41) is 5.54. The Labute approximate surface area is 129 Å². The number of hydrogen-bond acceptors (Lipinski definition) is 6. The summed E-state index contributed by atoms with van der Waals surface area (Å²) in [4.78, 5) is 13.6. The highest BCUT2D eigenvalue weighted by Crippen LogP contribution is 2.18. The van der Waals surface area contributed by atoms with Crippen molar-refractivity contribution < 1.29 is 0 Å². The molecule has 0 spiro atoms. The number of thiazole rings is 1. The van der Waals surface area contributed by atoms with Crippen LogP contribution in [-0.2, 0) is 13.1 Å². The second-order valence-corrected chi connectivity index (χ2v) is 6.08. The van der Waals surface area contributed by atoms with Crippen LogP contribution in [0.5, 0.6) is 0 Å². The Morgan fingerprint density at radius 1 is 1.19 bits per heavy atom. The lowest BCUT2D eigenvalue weighted by molar-refractivity contribution is 0.311. The van der Waals surface area contributed by atoms with Gasteiger partial charge in [0, 0.05) is 56.4 Å². The maximum Gasteiger partial charge on any atom is 0.133 e. The molecule has 0 bridgehead atoms. The molecule has 0 atom stereocenters. The SMILES string of the molecule is CN1CCN(c2ncccc2CNCc2cscn2)CC1. The number of aromatic nitrogens is 2. The third kappa shape index (κ3) is 3.78. The van der Waals surface area contributed by atoms with Crippen molar-refractivity contribution in [3.05, 3.63) is 40.5 Å². The van der Waals surface area contributed by atoms with Crippen LogP contribution in [0, 0.1) is 0 Å². The third-order valence-corrected chi connectivity index (χ3v) is 4.41. The first-order chi connectivity index (χ1) is 10.3. The first kappa shape index (κ1) is 14.4. The maximum atomic E-state index is 4.60. The van der Waals surface area contributed by atoms with Gasteiger partial charge in [0.25, 0.3) is 0 Å². The van der Waals surface area contributed by atoms with Crippen LogP contribution in [0.4, 0.5) is 5.82 Å². The van der Waals surface area contributed by atoms with Crippen molar-refractivity contribution in [3.8, 4) is 0 Å². The van der Waals surface area contributed by atoms with Crippen LogP contribution in [0.15, 0.2) is 29.2 Å². The van der Waals surface area contributed by atoms with Crippen LogP contribution in [0.25, 0.3) is 0 Å². The highest BCUT2D eigenvalue weighted by Gasteiger charge is 2.17. The Morgan fingerprint density at radius 2 is 2.05 bits per heavy atom. The van der Waals surface area contributed by atoms with Crippen LogP contribution in [0.3, 0.4) is 0 Å². The second-order valence-electron chi connectivity index (χ2n) is 5.36. The number of nitrogens with one attached hydrogen (secondary N) is 1. The normalized spacial score (nSPS) is 16.3. The molecule has 6 heteroatoms. The molecule has 112 valence electrons. The van der Waals surface area contributed by atoms with Crippen molar-refractivity contribution >= 4 is 17.2 Å². The Balaban J connectivity index is 1.62. The molecule has 1 fully saturated rings. The van der Waals surface area contributed by atoms with E-state index in [1.54, 1.807) is 11.3 Å². The molecule has 3 rings (SSSR count). The van der Waals surface area contributed by atoms with Crippen molar-refractivity contribution in [2.75, 3.05) is 38.1 Å². The molecule has 0 amide bonds. The summed E-state index contributed by atoms with van der Waals surface area (Å²) in [6.07, 6.45) is 1.89. The average molecular weight is 303 g/mol. The number of piperazine rings is 1. The van der Waals surface area contributed by atoms with Crippen LogP contribution in [0.2, 0.25) is 0 Å². The molecule has 0 saturated carbocycles. The molecule has 1 aliphatic rings. The van der Waals surface area contributed by atoms with Gasteiger partial charge in [0.2, 0.25) is 0 Å². The average Bonchev–Trinajstić information content (AvgIpc) is 3.02. The molecule has 1 N–H and O–H groups in total. The zero-order valence-corrected chi connectivity index (χ0v) is 13.1. The fourth-order valence-corrected chi connectivity index (χ4v) is 3.08. The number of anilines is 1. The number of rotatable bonds is 5. The molecule has 5 nitrogen and oxygen atoms in total. The first-order valence-corrected chi connectivity index (χ1v) is 8.22. The van der Waals surface area contributed by atoms with E-state index >= 15 is 0 Å². The minimum Gasteiger partial charge on any atom is -0.354 e. The van der Waals surface area contributed by atoms with Gasteiger partial charge in [-0.25, -0.2) is 9.97 Å². The van der Waals surface area contributed by atoms with Gasteiger partial charge in [-0.15, -0.1) is 11.3 Å². The van der Waals surface area contributed by atoms with E-state index in [0.717, 1.165) is 50.8 Å². The van der Waals surface area contributed by atoms with E-state index in [1.165, 1.54) is 5.56 Å². The van der Waals surface area contributed by atoms with Gasteiger partial charge in [0.05, 0.1) is 11.2 Å². The number of likely N-dealkylation sites (N-methyl/N-ethyl adjacent to an activating group) is 1. The molecule has 0 unspecified atom stereocenters. The smallest absolute Gasteiger partial charge is 0.133 e. The molecule has 2 aromatic heterocycles. The van der Waals surface area contributed by atoms with Crippen molar-refractivity contribution in [3.63, 3.8) is 0 Å². The van der Waals surface area contributed by atoms with E-state index in [9.17, 15) is 0 Å². The van der Waals surface area contributed by atoms with Crippen molar-refractivity contribution in [1.29, 1.82) is 0 Å². The monoisotopic (exact) mass is 303 g/mol. The third-order valence-electron chi connectivity index (χ3n) is 3.78. The Bertz CT molecular complexity index is 549. The molecule has 1 saturated heterocycles. The molecule has 1 aliphatic heterocycles. The predicted molar refractivity (Wildman–Crippen MR) is 86.6 cm³/mol. The summed E-state index contributed by atoms with van der Waals surface area (Å²) in [6.45, 7) is 5.93. The van der Waals surface area contributed by atoms with Crippen LogP contribution >= 0.6 is 11.3 Å². The van der Waals surface area contributed by atoms with Crippen molar-refractivity contribution in [2.45, 2.75) is 13.1 Å². The highest BCUT2D eigenvalue weighted by molar-refractivity contribution is 7.07. The molecule has 0 aromatic carbocycles. The molecule has 0 aliphatic carbocycles. The van der Waals surface area contributed by atoms with Gasteiger partial charge in [-0.2, -0.15) is 0 Å². The van der Waals surface area contributed by atoms with E-state index in [0.29, 0.717) is 0 Å². The van der Waals surface area contributed by atoms with E-state index in [-0.39, 0.29) is 0 Å². The van der Waals surface area contributed by atoms with Gasteiger partial charge in [0.1, 0.15) is 5.82 Å². The molecule has 21 heavy (non-hydrogen) atoms. The van der Waals surface area contributed by atoms with E-state index < -0.39 is 0 Å². The summed E-state index contributed by atoms with van der Waals surface area (Å²) in [7, 11) is 2.17. The molecule has 3 heterocycles. The molecule has 2 aromatic rings. The van der Waals surface area contributed by atoms with E-state index in [1.807, 2.05) is 17.8 Å². The predicted octanol–water partition coefficient (Wildman–Crippen LogP) is 1.58. The summed E-state index contributed by atoms with van der Waals surface area (Å²) >= 11 is 1.64. The van der Waals surface area contributed by atoms with E-state index in [4.69, 9.17) is 0 Å². The Morgan fingerprint density at radius 3 is 2.81 bits per heavy atom. The lowest BCUT2D eigenvalue weighted by Gasteiger charge is -2.34. The molecular formula is C15H21N5S. The van der Waals surface area contributed by atoms with Crippen LogP contribution < -0.4 is 10.2 Å². The van der Waals surface area contributed by atoms with Crippen molar-refractivity contribution in [1.82, 2.24) is 20.2 Å². The minimum atomic E-state index is 0.806. The molecular weight excluding hydrogens is 282 g/mol. The summed E-state index contributed by atoms with van der Waals surface area (Å²) in [5.41, 5.74) is 4.24. The first-order valence-electron chi connectivity index (χ1n) is 7.28. The summed E-state index contributed by atoms with van der Waals surface area (Å²) in [5.74, 6) is 1.12. The summed E-state index contributed by atoms with van der Waals surface area (Å²) in [6, 6.07) is 4.17. The minimum absolute atomic E-state index is 0.806. The van der Waals surface area contributed by atoms with Gasteiger partial charge in [0.15, 0.2) is 0 Å². The summed E-state index contributed by atoms with van der Waals surface area (Å²) < 4.78 is 0. The lowest BCUT2D eigenvalue weighted by Crippen LogP contribution is -2.45. The second kappa shape index (κ2) is 6.98. The van der Waals surface area contributed by atoms with Gasteiger partial charge < -0.3 is 15.1 Å². The van der Waals surface area contributed by atoms with Crippen molar-refractivity contribution in [2.24, 2.45) is 0 Å². The van der Waals surface area contributed by atoms with Gasteiger partial charge in [-0.3, -0.25) is 0 Å². The highest BCUT2D eigenvalue weighted by atomic mass is 32.1. The van der Waals surface area contributed by atoms with Gasteiger partial charge in [-0.05, 0) is 13.1 Å². The number of nitrogens with zero attached hydrogens (tertiary/aromatic N) is 4. The van der Waals surface area contributed by atoms with Crippen LogP contribution in [0.1, 0.15) is 11.3 Å². The number of pyridine rings is 1. The number of hydrogen-bond donors (Lipinski definition) is 1. The zero-order valence-electron chi connectivity index (χ0n) is 12.3. The fraction of sp³-hybridized carbons (Fsp3) is 0.467. The fourth-order valence-electron chi connectivity index (χ4n) is 2.52. The zero-order chi connectivity index (χ0) is 14.5. The lowest BCUT2D eigenvalue weighted by atomic mass is 10.2. The van der Waals surface area contributed by atoms with Gasteiger partial charge >= 0.3 is 0 Å². The molecule has 0 radical (unpaired) electrons. The largest absolute Gasteiger partial charge is 0.354 e. The topological polar surface area (TPSA) is 44.3 Å². The Hall–Kier alpha value is -1.50. The van der Waals surface area contributed by atoms with Crippen LogP contribution in [-0.4, -0.2) is 48.1 Å². The quantitative estimate of drug-likeness (QED) is 0.908.